The first-order valence-corrected chi connectivity index (χ1v) is 6.49. The Hall–Kier alpha value is -0.940. The van der Waals surface area contributed by atoms with Crippen LogP contribution in [0.1, 0.15) is 59.9 Å². The summed E-state index contributed by atoms with van der Waals surface area (Å²) in [6.07, 6.45) is 2.87. The van der Waals surface area contributed by atoms with E-state index in [2.05, 4.69) is 24.3 Å². The van der Waals surface area contributed by atoms with E-state index in [0.29, 0.717) is 10.8 Å². The molecule has 0 radical (unpaired) electrons. The number of hydrogen-bond acceptors (Lipinski definition) is 4. The number of aryl methyl sites for hydroxylation is 1. The van der Waals surface area contributed by atoms with E-state index in [0.717, 1.165) is 30.0 Å². The molecule has 1 heterocycles. The molecule has 0 saturated heterocycles. The highest BCUT2D eigenvalue weighted by Crippen LogP contribution is 2.29. The molecular weight excluding hydrogens is 222 g/mol. The second kappa shape index (κ2) is 5.96. The summed E-state index contributed by atoms with van der Waals surface area (Å²) in [4.78, 5) is 16.7. The van der Waals surface area contributed by atoms with Gasteiger partial charge in [0.1, 0.15) is 4.88 Å². The highest BCUT2D eigenvalue weighted by molar-refractivity contribution is 7.13. The van der Waals surface area contributed by atoms with E-state index in [9.17, 15) is 4.79 Å². The van der Waals surface area contributed by atoms with Crippen LogP contribution in [0.5, 0.6) is 0 Å². The summed E-state index contributed by atoms with van der Waals surface area (Å²) in [5, 5.41) is 1.06. The van der Waals surface area contributed by atoms with E-state index >= 15 is 0 Å². The third-order valence-electron chi connectivity index (χ3n) is 2.72. The molecule has 0 fully saturated rings. The highest BCUT2D eigenvalue weighted by atomic mass is 32.1. The Labute approximate surface area is 100 Å². The average molecular weight is 241 g/mol. The molecule has 3 N–H and O–H groups in total. The number of nitrogens with one attached hydrogen (secondary N) is 1. The fourth-order valence-corrected chi connectivity index (χ4v) is 2.99. The number of carbonyl (C=O) groups is 1. The van der Waals surface area contributed by atoms with Crippen LogP contribution in [0.25, 0.3) is 0 Å². The Balaban J connectivity index is 3.06. The quantitative estimate of drug-likeness (QED) is 0.472. The fourth-order valence-electron chi connectivity index (χ4n) is 1.67. The van der Waals surface area contributed by atoms with Crippen molar-refractivity contribution in [3.8, 4) is 0 Å². The van der Waals surface area contributed by atoms with Gasteiger partial charge in [0.25, 0.3) is 5.91 Å². The molecule has 5 heteroatoms. The first-order valence-electron chi connectivity index (χ1n) is 5.68. The first-order chi connectivity index (χ1) is 7.67. The molecule has 4 nitrogen and oxygen atoms in total. The predicted molar refractivity (Wildman–Crippen MR) is 66.5 cm³/mol. The Morgan fingerprint density at radius 2 is 2.06 bits per heavy atom. The predicted octanol–water partition coefficient (Wildman–Crippen LogP) is 2.21. The second-order valence-electron chi connectivity index (χ2n) is 3.67. The van der Waals surface area contributed by atoms with E-state index in [1.807, 2.05) is 6.92 Å². The lowest BCUT2D eigenvalue weighted by atomic mass is 10.1. The van der Waals surface area contributed by atoms with Crippen LogP contribution >= 0.6 is 11.3 Å². The van der Waals surface area contributed by atoms with Crippen molar-refractivity contribution in [1.29, 1.82) is 0 Å². The van der Waals surface area contributed by atoms with E-state index in [1.54, 1.807) is 0 Å². The summed E-state index contributed by atoms with van der Waals surface area (Å²) in [5.41, 5.74) is 3.03. The van der Waals surface area contributed by atoms with Crippen molar-refractivity contribution in [2.45, 2.75) is 46.0 Å². The van der Waals surface area contributed by atoms with Crippen molar-refractivity contribution in [3.05, 3.63) is 15.6 Å². The molecule has 0 saturated carbocycles. The van der Waals surface area contributed by atoms with Gasteiger partial charge in [-0.05, 0) is 19.3 Å². The van der Waals surface area contributed by atoms with Crippen LogP contribution in [0.15, 0.2) is 0 Å². The van der Waals surface area contributed by atoms with Gasteiger partial charge in [0.15, 0.2) is 0 Å². The van der Waals surface area contributed by atoms with E-state index in [-0.39, 0.29) is 5.91 Å². The van der Waals surface area contributed by atoms with Crippen LogP contribution in [-0.2, 0) is 6.42 Å². The Morgan fingerprint density at radius 1 is 1.44 bits per heavy atom. The lowest BCUT2D eigenvalue weighted by molar-refractivity contribution is 0.0956. The molecule has 1 aromatic rings. The molecule has 0 aliphatic heterocycles. The van der Waals surface area contributed by atoms with Gasteiger partial charge in [-0.2, -0.15) is 0 Å². The van der Waals surface area contributed by atoms with E-state index in [4.69, 9.17) is 5.84 Å². The number of nitrogen functional groups attached to an aromatic ring is 1. The molecule has 0 spiro atoms. The zero-order chi connectivity index (χ0) is 12.1. The molecule has 0 unspecified atom stereocenters. The summed E-state index contributed by atoms with van der Waals surface area (Å²) in [6.45, 7) is 6.28. The Morgan fingerprint density at radius 3 is 2.50 bits per heavy atom. The van der Waals surface area contributed by atoms with Crippen LogP contribution in [-0.4, -0.2) is 10.9 Å². The number of rotatable bonds is 5. The SMILES string of the molecule is CCc1nc(C(CC)CC)sc1C(=O)NN. The Kier molecular flexibility index (Phi) is 4.89. The van der Waals surface area contributed by atoms with Gasteiger partial charge in [0, 0.05) is 5.92 Å². The number of hydrazine groups is 1. The number of hydrogen-bond donors (Lipinski definition) is 2. The minimum atomic E-state index is -0.230. The molecule has 0 aliphatic rings. The average Bonchev–Trinajstić information content (AvgIpc) is 2.73. The van der Waals surface area contributed by atoms with Crippen LogP contribution in [0.2, 0.25) is 0 Å². The molecule has 1 amide bonds. The van der Waals surface area contributed by atoms with Crippen molar-refractivity contribution in [2.24, 2.45) is 5.84 Å². The van der Waals surface area contributed by atoms with Gasteiger partial charge >= 0.3 is 0 Å². The molecule has 0 bridgehead atoms. The number of thiazole rings is 1. The van der Waals surface area contributed by atoms with Gasteiger partial charge in [-0.15, -0.1) is 11.3 Å². The molecule has 0 atom stereocenters. The molecule has 1 aromatic heterocycles. The van der Waals surface area contributed by atoms with E-state index < -0.39 is 0 Å². The summed E-state index contributed by atoms with van der Waals surface area (Å²) < 4.78 is 0. The zero-order valence-electron chi connectivity index (χ0n) is 10.0. The number of aromatic nitrogens is 1. The minimum Gasteiger partial charge on any atom is -0.289 e. The largest absolute Gasteiger partial charge is 0.289 e. The molecule has 0 aromatic carbocycles. The highest BCUT2D eigenvalue weighted by Gasteiger charge is 2.19. The summed E-state index contributed by atoms with van der Waals surface area (Å²) in [6, 6.07) is 0. The lowest BCUT2D eigenvalue weighted by Gasteiger charge is -2.06. The van der Waals surface area contributed by atoms with Crippen LogP contribution in [0, 0.1) is 0 Å². The summed E-state index contributed by atoms with van der Waals surface area (Å²) in [5.74, 6) is 5.38. The van der Waals surface area contributed by atoms with Gasteiger partial charge in [-0.25, -0.2) is 10.8 Å². The summed E-state index contributed by atoms with van der Waals surface area (Å²) in [7, 11) is 0. The van der Waals surface area contributed by atoms with Gasteiger partial charge in [0.05, 0.1) is 10.7 Å². The lowest BCUT2D eigenvalue weighted by Crippen LogP contribution is -2.30. The molecular formula is C11H19N3OS. The number of carbonyl (C=O) groups excluding carboxylic acids is 1. The van der Waals surface area contributed by atoms with Crippen molar-refractivity contribution < 1.29 is 4.79 Å². The van der Waals surface area contributed by atoms with Gasteiger partial charge in [-0.1, -0.05) is 20.8 Å². The second-order valence-corrected chi connectivity index (χ2v) is 4.70. The van der Waals surface area contributed by atoms with Crippen LogP contribution in [0.3, 0.4) is 0 Å². The summed E-state index contributed by atoms with van der Waals surface area (Å²) >= 11 is 1.47. The zero-order valence-corrected chi connectivity index (χ0v) is 10.9. The smallest absolute Gasteiger partial charge is 0.277 e. The topological polar surface area (TPSA) is 68.0 Å². The Bertz CT molecular complexity index is 358. The third-order valence-corrected chi connectivity index (χ3v) is 3.98. The maximum absolute atomic E-state index is 11.5. The van der Waals surface area contributed by atoms with Gasteiger partial charge in [0.2, 0.25) is 0 Å². The molecule has 16 heavy (non-hydrogen) atoms. The first kappa shape index (κ1) is 13.1. The van der Waals surface area contributed by atoms with Gasteiger partial charge in [-0.3, -0.25) is 10.2 Å². The standard InChI is InChI=1S/C11H19N3OS/c1-4-7(5-2)11-13-8(6-3)9(16-11)10(15)14-12/h7H,4-6,12H2,1-3H3,(H,14,15). The van der Waals surface area contributed by atoms with Crippen molar-refractivity contribution >= 4 is 17.2 Å². The molecule has 0 aliphatic carbocycles. The fraction of sp³-hybridized carbons (Fsp3) is 0.636. The maximum Gasteiger partial charge on any atom is 0.277 e. The normalized spacial score (nSPS) is 10.8. The van der Waals surface area contributed by atoms with E-state index in [1.165, 1.54) is 11.3 Å². The number of amides is 1. The molecule has 1 rings (SSSR count). The number of nitrogens with zero attached hydrogens (tertiary/aromatic N) is 1. The van der Waals surface area contributed by atoms with Crippen LogP contribution < -0.4 is 11.3 Å². The minimum absolute atomic E-state index is 0.230. The monoisotopic (exact) mass is 241 g/mol. The van der Waals surface area contributed by atoms with Crippen molar-refractivity contribution in [2.75, 3.05) is 0 Å². The van der Waals surface area contributed by atoms with Gasteiger partial charge < -0.3 is 0 Å². The van der Waals surface area contributed by atoms with Crippen molar-refractivity contribution in [3.63, 3.8) is 0 Å². The van der Waals surface area contributed by atoms with Crippen LogP contribution in [0.4, 0.5) is 0 Å². The third kappa shape index (κ3) is 2.59. The van der Waals surface area contributed by atoms with Crippen molar-refractivity contribution in [1.82, 2.24) is 10.4 Å². The number of nitrogens with two attached hydrogens (primary N) is 1. The molecule has 90 valence electrons. The maximum atomic E-state index is 11.5.